The second kappa shape index (κ2) is 10.4. The van der Waals surface area contributed by atoms with E-state index in [9.17, 15) is 26.3 Å². The average Bonchev–Trinajstić information content (AvgIpc) is 2.55. The number of aliphatic imine (C=N–C) groups is 1. The summed E-state index contributed by atoms with van der Waals surface area (Å²) < 4.78 is 74.2. The monoisotopic (exact) mass is 398 g/mol. The fourth-order valence-corrected chi connectivity index (χ4v) is 2.35. The van der Waals surface area contributed by atoms with Crippen LogP contribution in [-0.2, 0) is 12.6 Å². The molecule has 27 heavy (non-hydrogen) atoms. The van der Waals surface area contributed by atoms with E-state index in [2.05, 4.69) is 15.6 Å². The summed E-state index contributed by atoms with van der Waals surface area (Å²) in [5, 5.41) is 6.00. The van der Waals surface area contributed by atoms with Crippen molar-refractivity contribution in [3.8, 4) is 0 Å². The fourth-order valence-electron chi connectivity index (χ4n) is 2.35. The molecule has 0 aliphatic heterocycles. The van der Waals surface area contributed by atoms with E-state index < -0.39 is 24.5 Å². The Balaban J connectivity index is 2.27. The zero-order valence-corrected chi connectivity index (χ0v) is 15.2. The molecule has 0 fully saturated rings. The summed E-state index contributed by atoms with van der Waals surface area (Å²) in [6, 6.07) is 4.94. The van der Waals surface area contributed by atoms with Gasteiger partial charge in [0.2, 0.25) is 0 Å². The quantitative estimate of drug-likeness (QED) is 0.306. The number of halogens is 6. The predicted octanol–water partition coefficient (Wildman–Crippen LogP) is 3.30. The molecular weight excluding hydrogens is 374 g/mol. The van der Waals surface area contributed by atoms with Crippen molar-refractivity contribution in [2.75, 3.05) is 40.3 Å². The van der Waals surface area contributed by atoms with Crippen molar-refractivity contribution >= 4 is 5.96 Å². The first kappa shape index (κ1) is 23.1. The molecule has 1 aromatic rings. The predicted molar refractivity (Wildman–Crippen MR) is 92.7 cm³/mol. The van der Waals surface area contributed by atoms with E-state index in [1.165, 1.54) is 24.1 Å². The van der Waals surface area contributed by atoms with E-state index in [1.54, 1.807) is 7.05 Å². The minimum atomic E-state index is -4.35. The summed E-state index contributed by atoms with van der Waals surface area (Å²) in [7, 11) is 2.97. The van der Waals surface area contributed by atoms with Gasteiger partial charge in [-0.25, -0.2) is 0 Å². The second-order valence-electron chi connectivity index (χ2n) is 6.08. The highest BCUT2D eigenvalue weighted by molar-refractivity contribution is 5.79. The Morgan fingerprint density at radius 3 is 2.11 bits per heavy atom. The van der Waals surface area contributed by atoms with E-state index in [0.29, 0.717) is 31.9 Å². The van der Waals surface area contributed by atoms with Crippen molar-refractivity contribution in [3.63, 3.8) is 0 Å². The first-order valence-electron chi connectivity index (χ1n) is 8.37. The van der Waals surface area contributed by atoms with E-state index in [4.69, 9.17) is 0 Å². The molecule has 0 aliphatic carbocycles. The molecule has 0 amide bonds. The fraction of sp³-hybridized carbons (Fsp3) is 0.588. The van der Waals surface area contributed by atoms with Crippen LogP contribution in [0.5, 0.6) is 0 Å². The van der Waals surface area contributed by atoms with E-state index in [-0.39, 0.29) is 6.54 Å². The van der Waals surface area contributed by atoms with Crippen molar-refractivity contribution in [2.45, 2.75) is 25.2 Å². The summed E-state index contributed by atoms with van der Waals surface area (Å²) in [5.41, 5.74) is 0.0619. The van der Waals surface area contributed by atoms with Crippen LogP contribution in [0.25, 0.3) is 0 Å². The number of hydrogen-bond donors (Lipinski definition) is 2. The molecule has 0 atom stereocenters. The summed E-state index contributed by atoms with van der Waals surface area (Å²) in [6.07, 6.45) is -7.55. The van der Waals surface area contributed by atoms with Gasteiger partial charge in [-0.15, -0.1) is 0 Å². The maximum absolute atomic E-state index is 12.5. The summed E-state index contributed by atoms with van der Waals surface area (Å²) in [4.78, 5) is 5.19. The van der Waals surface area contributed by atoms with Crippen LogP contribution in [0, 0.1) is 0 Å². The number of rotatable bonds is 8. The Morgan fingerprint density at radius 1 is 1.00 bits per heavy atom. The van der Waals surface area contributed by atoms with Crippen molar-refractivity contribution in [3.05, 3.63) is 35.4 Å². The molecule has 4 nitrogen and oxygen atoms in total. The number of benzene rings is 1. The number of hydrogen-bond acceptors (Lipinski definition) is 2. The molecule has 0 heterocycles. The molecular formula is C17H24F6N4. The van der Waals surface area contributed by atoms with E-state index >= 15 is 0 Å². The van der Waals surface area contributed by atoms with Gasteiger partial charge >= 0.3 is 12.4 Å². The summed E-state index contributed by atoms with van der Waals surface area (Å²) in [5.74, 6) is 0.486. The van der Waals surface area contributed by atoms with Crippen molar-refractivity contribution < 1.29 is 26.3 Å². The molecule has 10 heteroatoms. The third-order valence-corrected chi connectivity index (χ3v) is 3.67. The van der Waals surface area contributed by atoms with Crippen LogP contribution in [0.1, 0.15) is 17.5 Å². The minimum absolute atomic E-state index is 0.287. The number of guanidine groups is 1. The van der Waals surface area contributed by atoms with Gasteiger partial charge in [0.15, 0.2) is 5.96 Å². The van der Waals surface area contributed by atoms with Gasteiger partial charge in [0, 0.05) is 20.1 Å². The van der Waals surface area contributed by atoms with Crippen molar-refractivity contribution in [2.24, 2.45) is 4.99 Å². The topological polar surface area (TPSA) is 39.7 Å². The first-order valence-corrected chi connectivity index (χ1v) is 8.37. The maximum atomic E-state index is 12.5. The average molecular weight is 398 g/mol. The second-order valence-corrected chi connectivity index (χ2v) is 6.08. The molecule has 0 unspecified atom stereocenters. The van der Waals surface area contributed by atoms with Crippen LogP contribution in [-0.4, -0.2) is 57.3 Å². The molecule has 0 aliphatic rings. The Bertz CT molecular complexity index is 581. The Morgan fingerprint density at radius 2 is 1.59 bits per heavy atom. The van der Waals surface area contributed by atoms with Crippen LogP contribution in [0.15, 0.2) is 29.3 Å². The van der Waals surface area contributed by atoms with Gasteiger partial charge < -0.3 is 10.6 Å². The van der Waals surface area contributed by atoms with E-state index in [1.807, 2.05) is 0 Å². The third kappa shape index (κ3) is 10.1. The zero-order chi connectivity index (χ0) is 20.5. The summed E-state index contributed by atoms with van der Waals surface area (Å²) in [6.45, 7) is 0.239. The number of nitrogens with zero attached hydrogens (tertiary/aromatic N) is 2. The lowest BCUT2D eigenvalue weighted by molar-refractivity contribution is -0.143. The van der Waals surface area contributed by atoms with Crippen LogP contribution >= 0.6 is 0 Å². The number of nitrogens with one attached hydrogen (secondary N) is 2. The molecule has 0 saturated heterocycles. The van der Waals surface area contributed by atoms with Gasteiger partial charge in [0.1, 0.15) is 0 Å². The Labute approximate surface area is 154 Å². The van der Waals surface area contributed by atoms with Crippen LogP contribution in [0.3, 0.4) is 0 Å². The lowest BCUT2D eigenvalue weighted by atomic mass is 10.1. The van der Waals surface area contributed by atoms with Gasteiger partial charge in [0.25, 0.3) is 0 Å². The molecule has 0 bridgehead atoms. The lowest BCUT2D eigenvalue weighted by Gasteiger charge is -2.19. The molecule has 0 saturated carbocycles. The Hall–Kier alpha value is -1.97. The van der Waals surface area contributed by atoms with Gasteiger partial charge in [-0.2, -0.15) is 26.3 Å². The molecule has 1 rings (SSSR count). The van der Waals surface area contributed by atoms with Gasteiger partial charge in [-0.05, 0) is 44.1 Å². The molecule has 154 valence electrons. The largest absolute Gasteiger partial charge is 0.416 e. The lowest BCUT2D eigenvalue weighted by Crippen LogP contribution is -2.40. The zero-order valence-electron chi connectivity index (χ0n) is 15.2. The first-order chi connectivity index (χ1) is 12.5. The summed E-state index contributed by atoms with van der Waals surface area (Å²) >= 11 is 0. The van der Waals surface area contributed by atoms with Crippen LogP contribution in [0.4, 0.5) is 26.3 Å². The van der Waals surface area contributed by atoms with Gasteiger partial charge in [-0.1, -0.05) is 12.1 Å². The van der Waals surface area contributed by atoms with E-state index in [0.717, 1.165) is 17.7 Å². The molecule has 0 radical (unpaired) electrons. The highest BCUT2D eigenvalue weighted by Gasteiger charge is 2.30. The third-order valence-electron chi connectivity index (χ3n) is 3.67. The van der Waals surface area contributed by atoms with Crippen molar-refractivity contribution in [1.29, 1.82) is 0 Å². The molecule has 0 aromatic heterocycles. The molecule has 1 aromatic carbocycles. The number of alkyl halides is 6. The van der Waals surface area contributed by atoms with Gasteiger partial charge in [0.05, 0.1) is 12.1 Å². The molecule has 2 N–H and O–H groups in total. The van der Waals surface area contributed by atoms with Crippen LogP contribution in [0.2, 0.25) is 0 Å². The van der Waals surface area contributed by atoms with Crippen LogP contribution < -0.4 is 10.6 Å². The highest BCUT2D eigenvalue weighted by atomic mass is 19.4. The highest BCUT2D eigenvalue weighted by Crippen LogP contribution is 2.29. The smallest absolute Gasteiger partial charge is 0.356 e. The molecule has 0 spiro atoms. The van der Waals surface area contributed by atoms with Gasteiger partial charge in [-0.3, -0.25) is 9.89 Å². The SMILES string of the molecule is CN=C(NCCCN(C)CC(F)(F)F)NCCc1ccc(C(F)(F)F)cc1. The normalized spacial score (nSPS) is 13.1. The Kier molecular flexibility index (Phi) is 8.87. The maximum Gasteiger partial charge on any atom is 0.416 e. The minimum Gasteiger partial charge on any atom is -0.356 e. The van der Waals surface area contributed by atoms with Crippen molar-refractivity contribution in [1.82, 2.24) is 15.5 Å². The standard InChI is InChI=1S/C17H24F6N4/c1-24-15(25-9-3-11-27(2)12-16(18,19)20)26-10-8-13-4-6-14(7-5-13)17(21,22)23/h4-7H,3,8-12H2,1-2H3,(H2,24,25,26).